The largest absolute Gasteiger partial charge is 0.462 e. The van der Waals surface area contributed by atoms with Crippen LogP contribution in [0.25, 0.3) is 11.0 Å². The zero-order valence-corrected chi connectivity index (χ0v) is 21.3. The molecule has 2 aromatic rings. The molecule has 0 unspecified atom stereocenters. The Labute approximate surface area is 222 Å². The Morgan fingerprint density at radius 1 is 1.05 bits per heavy atom. The number of hydroxylamine groups is 2. The number of hydrogen-bond donors (Lipinski definition) is 3. The van der Waals surface area contributed by atoms with Crippen molar-refractivity contribution in [3.63, 3.8) is 0 Å². The maximum Gasteiger partial charge on any atom is 0.336 e. The van der Waals surface area contributed by atoms with Crippen LogP contribution in [0.15, 0.2) is 33.5 Å². The normalized spacial score (nSPS) is 25.3. The average molecular weight is 550 g/mol. The lowest BCUT2D eigenvalue weighted by atomic mass is 9.99. The molecule has 3 N–H and O–H groups in total. The van der Waals surface area contributed by atoms with E-state index < -0.39 is 60.7 Å². The molecule has 0 radical (unpaired) electrons. The Balaban J connectivity index is 1.23. The first-order valence-corrected chi connectivity index (χ1v) is 12.7. The second-order valence-electron chi connectivity index (χ2n) is 9.42. The van der Waals surface area contributed by atoms with Gasteiger partial charge in [0.05, 0.1) is 6.61 Å². The maximum atomic E-state index is 11.9. The van der Waals surface area contributed by atoms with Gasteiger partial charge in [-0.15, -0.1) is 5.06 Å². The van der Waals surface area contributed by atoms with E-state index >= 15 is 0 Å². The van der Waals surface area contributed by atoms with E-state index in [2.05, 4.69) is 0 Å². The number of unbranched alkanes of at least 4 members (excludes halogenated alkanes) is 2. The number of aliphatic hydroxyl groups is 3. The van der Waals surface area contributed by atoms with Crippen molar-refractivity contribution < 1.29 is 53.2 Å². The predicted octanol–water partition coefficient (Wildman–Crippen LogP) is 0.472. The Bertz CT molecular complexity index is 1240. The van der Waals surface area contributed by atoms with Crippen LogP contribution in [0.1, 0.15) is 44.1 Å². The molecule has 0 saturated carbocycles. The monoisotopic (exact) mass is 549 g/mol. The van der Waals surface area contributed by atoms with Crippen LogP contribution >= 0.6 is 0 Å². The summed E-state index contributed by atoms with van der Waals surface area (Å²) in [6, 6.07) is 6.13. The van der Waals surface area contributed by atoms with Crippen molar-refractivity contribution in [1.82, 2.24) is 5.06 Å². The SMILES string of the molecule is Cc1cc(=O)oc2cc(O[C@H]3O[C@@H](CO)[C@@H](OCCCCCC(=O)ON4C(=O)CCC4=O)[C@H](O)[C@@H]3O)ccc12. The van der Waals surface area contributed by atoms with Gasteiger partial charge in [0.2, 0.25) is 6.29 Å². The quantitative estimate of drug-likeness (QED) is 0.200. The number of aliphatic hydroxyl groups excluding tert-OH is 3. The minimum absolute atomic E-state index is 0.000965. The van der Waals surface area contributed by atoms with Crippen LogP contribution in [-0.2, 0) is 28.7 Å². The van der Waals surface area contributed by atoms with E-state index in [0.717, 1.165) is 5.56 Å². The number of rotatable bonds is 11. The molecule has 2 amide bonds. The van der Waals surface area contributed by atoms with E-state index in [1.54, 1.807) is 19.1 Å². The molecule has 5 atom stereocenters. The third-order valence-corrected chi connectivity index (χ3v) is 6.53. The summed E-state index contributed by atoms with van der Waals surface area (Å²) in [7, 11) is 0. The molecule has 1 aromatic carbocycles. The number of aryl methyl sites for hydroxylation is 1. The topological polar surface area (TPSA) is 182 Å². The second kappa shape index (κ2) is 12.7. The van der Waals surface area contributed by atoms with Crippen LogP contribution in [0.3, 0.4) is 0 Å². The lowest BCUT2D eigenvalue weighted by Gasteiger charge is -2.41. The van der Waals surface area contributed by atoms with Gasteiger partial charge in [-0.25, -0.2) is 9.59 Å². The first-order valence-electron chi connectivity index (χ1n) is 12.7. The Hall–Kier alpha value is -3.36. The number of ether oxygens (including phenoxy) is 3. The molecule has 2 aliphatic rings. The van der Waals surface area contributed by atoms with Crippen molar-refractivity contribution >= 4 is 28.8 Å². The van der Waals surface area contributed by atoms with Crippen molar-refractivity contribution in [2.45, 2.75) is 76.2 Å². The van der Waals surface area contributed by atoms with Crippen molar-refractivity contribution in [1.29, 1.82) is 0 Å². The number of hydrogen-bond acceptors (Lipinski definition) is 12. The molecule has 4 rings (SSSR count). The van der Waals surface area contributed by atoms with Crippen LogP contribution in [0, 0.1) is 6.92 Å². The summed E-state index contributed by atoms with van der Waals surface area (Å²) in [6.45, 7) is 1.40. The summed E-state index contributed by atoms with van der Waals surface area (Å²) in [6.07, 6.45) is -4.83. The molecule has 39 heavy (non-hydrogen) atoms. The number of benzene rings is 1. The van der Waals surface area contributed by atoms with Gasteiger partial charge in [-0.1, -0.05) is 6.42 Å². The number of carbonyl (C=O) groups excluding carboxylic acids is 3. The molecule has 0 aliphatic carbocycles. The molecule has 2 fully saturated rings. The Morgan fingerprint density at radius 3 is 2.51 bits per heavy atom. The summed E-state index contributed by atoms with van der Waals surface area (Å²) >= 11 is 0. The van der Waals surface area contributed by atoms with Gasteiger partial charge in [0.1, 0.15) is 35.7 Å². The number of carbonyl (C=O) groups is 3. The smallest absolute Gasteiger partial charge is 0.336 e. The molecular weight excluding hydrogens is 518 g/mol. The lowest BCUT2D eigenvalue weighted by molar-refractivity contribution is -0.285. The van der Waals surface area contributed by atoms with Crippen molar-refractivity contribution in [2.75, 3.05) is 13.2 Å². The number of imide groups is 1. The van der Waals surface area contributed by atoms with Gasteiger partial charge in [-0.05, 0) is 37.5 Å². The highest BCUT2D eigenvalue weighted by Crippen LogP contribution is 2.28. The van der Waals surface area contributed by atoms with Gasteiger partial charge in [0.25, 0.3) is 11.8 Å². The molecule has 13 nitrogen and oxygen atoms in total. The van der Waals surface area contributed by atoms with Gasteiger partial charge in [0.15, 0.2) is 0 Å². The molecule has 13 heteroatoms. The van der Waals surface area contributed by atoms with E-state index in [1.165, 1.54) is 12.1 Å². The van der Waals surface area contributed by atoms with Crippen LogP contribution < -0.4 is 10.4 Å². The third kappa shape index (κ3) is 6.81. The third-order valence-electron chi connectivity index (χ3n) is 6.53. The highest BCUT2D eigenvalue weighted by atomic mass is 16.7. The highest BCUT2D eigenvalue weighted by Gasteiger charge is 2.46. The van der Waals surface area contributed by atoms with Crippen LogP contribution in [0.4, 0.5) is 0 Å². The fourth-order valence-electron chi connectivity index (χ4n) is 4.44. The first kappa shape index (κ1) is 28.6. The molecule has 1 aromatic heterocycles. The van der Waals surface area contributed by atoms with E-state index in [-0.39, 0.29) is 37.2 Å². The minimum Gasteiger partial charge on any atom is -0.462 e. The van der Waals surface area contributed by atoms with E-state index in [9.17, 15) is 34.5 Å². The van der Waals surface area contributed by atoms with E-state index in [4.69, 9.17) is 23.5 Å². The molecule has 0 bridgehead atoms. The van der Waals surface area contributed by atoms with Crippen LogP contribution in [0.5, 0.6) is 5.75 Å². The highest BCUT2D eigenvalue weighted by molar-refractivity contribution is 6.01. The molecule has 212 valence electrons. The van der Waals surface area contributed by atoms with Gasteiger partial charge < -0.3 is 38.8 Å². The standard InChI is InChI=1S/C26H31NO12/c1-14-11-22(32)37-17-12-15(6-7-16(14)17)36-26-24(34)23(33)25(18(13-28)38-26)35-10-4-2-3-5-21(31)39-27-19(29)8-9-20(27)30/h6-7,11-12,18,23-26,28,33-34H,2-5,8-10,13H2,1H3/t18-,23+,24-,25+,26-/m0/s1. The average Bonchev–Trinajstić information content (AvgIpc) is 3.21. The van der Waals surface area contributed by atoms with Crippen LogP contribution in [0.2, 0.25) is 0 Å². The predicted molar refractivity (Wildman–Crippen MR) is 131 cm³/mol. The minimum atomic E-state index is -1.51. The Morgan fingerprint density at radius 2 is 1.79 bits per heavy atom. The maximum absolute atomic E-state index is 11.9. The summed E-state index contributed by atoms with van der Waals surface area (Å²) in [5.74, 6) is -1.54. The number of nitrogens with zero attached hydrogens (tertiary/aromatic N) is 1. The fourth-order valence-corrected chi connectivity index (χ4v) is 4.44. The molecule has 0 spiro atoms. The van der Waals surface area contributed by atoms with E-state index in [1.807, 2.05) is 0 Å². The van der Waals surface area contributed by atoms with Crippen molar-refractivity contribution in [3.8, 4) is 5.75 Å². The molecule has 2 aliphatic heterocycles. The Kier molecular flexibility index (Phi) is 9.30. The second-order valence-corrected chi connectivity index (χ2v) is 9.42. The van der Waals surface area contributed by atoms with Crippen molar-refractivity contribution in [2.24, 2.45) is 0 Å². The van der Waals surface area contributed by atoms with Gasteiger partial charge in [-0.2, -0.15) is 0 Å². The molecule has 2 saturated heterocycles. The number of fused-ring (bicyclic) bond motifs is 1. The molecule has 3 heterocycles. The van der Waals surface area contributed by atoms with E-state index in [0.29, 0.717) is 29.7 Å². The van der Waals surface area contributed by atoms with Gasteiger partial charge in [0, 0.05) is 43.4 Å². The molecular formula is C26H31NO12. The summed E-state index contributed by atoms with van der Waals surface area (Å²) < 4.78 is 22.2. The first-order chi connectivity index (χ1) is 18.7. The van der Waals surface area contributed by atoms with Crippen LogP contribution in [-0.4, -0.2) is 82.1 Å². The fraction of sp³-hybridized carbons (Fsp3) is 0.538. The van der Waals surface area contributed by atoms with Gasteiger partial charge in [-0.3, -0.25) is 9.59 Å². The zero-order chi connectivity index (χ0) is 28.1. The van der Waals surface area contributed by atoms with Gasteiger partial charge >= 0.3 is 11.6 Å². The summed E-state index contributed by atoms with van der Waals surface area (Å²) in [5.41, 5.74) is 0.499. The summed E-state index contributed by atoms with van der Waals surface area (Å²) in [5, 5.41) is 32.3. The zero-order valence-electron chi connectivity index (χ0n) is 21.3. The lowest BCUT2D eigenvalue weighted by Crippen LogP contribution is -2.61. The summed E-state index contributed by atoms with van der Waals surface area (Å²) in [4.78, 5) is 51.3. The number of amides is 2. The van der Waals surface area contributed by atoms with Crippen molar-refractivity contribution in [3.05, 3.63) is 40.2 Å².